The number of hydrogen-bond donors (Lipinski definition) is 0. The van der Waals surface area contributed by atoms with E-state index in [1.807, 2.05) is 47.3 Å². The van der Waals surface area contributed by atoms with Gasteiger partial charge in [0.1, 0.15) is 13.1 Å². The quantitative estimate of drug-likeness (QED) is 0.0409. The van der Waals surface area contributed by atoms with Gasteiger partial charge in [-0.05, 0) is 73.0 Å². The summed E-state index contributed by atoms with van der Waals surface area (Å²) in [6.45, 7) is 7.87. The molecular weight excluding hydrogens is 841 g/mol. The lowest BCUT2D eigenvalue weighted by Gasteiger charge is -2.41. The van der Waals surface area contributed by atoms with E-state index in [1.54, 1.807) is 0 Å². The number of nitrogens with zero attached hydrogens (tertiary/aromatic N) is 2. The van der Waals surface area contributed by atoms with Crippen LogP contribution in [0.3, 0.4) is 0 Å². The molecule has 0 saturated carbocycles. The Morgan fingerprint density at radius 1 is 0.475 bits per heavy atom. The SMILES string of the molecule is CCCCCC[n+]1ccc(C(C)CC(CC(CC)c2ccccc2)c2cc[n+](CCCCCCC(F)C(F)(F)C(F)(F)C(F)(F)C(F)(F)C(F)(F)C(F)(F)C(F)F)cc2)cc1. The molecule has 0 N–H and O–H groups in total. The van der Waals surface area contributed by atoms with Crippen LogP contribution in [0.4, 0.5) is 65.9 Å². The Bertz CT molecular complexity index is 1720. The van der Waals surface area contributed by atoms with Gasteiger partial charge in [0.2, 0.25) is 0 Å². The highest BCUT2D eigenvalue weighted by molar-refractivity contribution is 5.23. The fourth-order valence-electron chi connectivity index (χ4n) is 7.40. The van der Waals surface area contributed by atoms with Gasteiger partial charge < -0.3 is 0 Å². The van der Waals surface area contributed by atoms with Gasteiger partial charge in [-0.15, -0.1) is 0 Å². The zero-order valence-corrected chi connectivity index (χ0v) is 34.4. The van der Waals surface area contributed by atoms with Gasteiger partial charge in [-0.25, -0.2) is 22.3 Å². The summed E-state index contributed by atoms with van der Waals surface area (Å²) in [6, 6.07) is 18.6. The molecule has 4 unspecified atom stereocenters. The van der Waals surface area contributed by atoms with Crippen LogP contribution in [0.1, 0.15) is 132 Å². The molecule has 2 nitrogen and oxygen atoms in total. The number of aryl methyl sites for hydroxylation is 2. The first-order valence-corrected chi connectivity index (χ1v) is 20.6. The van der Waals surface area contributed by atoms with Gasteiger partial charge in [0.25, 0.3) is 0 Å². The maximum atomic E-state index is 14.3. The van der Waals surface area contributed by atoms with Crippen LogP contribution in [-0.4, -0.2) is 48.1 Å². The van der Waals surface area contributed by atoms with Crippen molar-refractivity contribution in [3.8, 4) is 0 Å². The molecule has 4 atom stereocenters. The highest BCUT2D eigenvalue weighted by atomic mass is 19.4. The van der Waals surface area contributed by atoms with Gasteiger partial charge in [-0.2, -0.15) is 52.7 Å². The molecule has 2 aromatic heterocycles. The number of hydrogen-bond acceptors (Lipinski definition) is 0. The summed E-state index contributed by atoms with van der Waals surface area (Å²) < 4.78 is 208. The number of rotatable bonds is 27. The summed E-state index contributed by atoms with van der Waals surface area (Å²) >= 11 is 0. The molecule has 0 bridgehead atoms. The summed E-state index contributed by atoms with van der Waals surface area (Å²) in [5.74, 6) is -45.3. The van der Waals surface area contributed by atoms with E-state index in [1.165, 1.54) is 30.4 Å². The average Bonchev–Trinajstić information content (AvgIpc) is 3.22. The van der Waals surface area contributed by atoms with Crippen molar-refractivity contribution in [2.45, 2.75) is 177 Å². The molecule has 0 aliphatic heterocycles. The molecule has 0 fully saturated rings. The van der Waals surface area contributed by atoms with E-state index in [-0.39, 0.29) is 24.7 Å². The fraction of sp³-hybridized carbons (Fsp3) is 0.636. The number of halogens is 15. The van der Waals surface area contributed by atoms with E-state index >= 15 is 0 Å². The van der Waals surface area contributed by atoms with Crippen LogP contribution in [-0.2, 0) is 13.1 Å². The molecule has 344 valence electrons. The van der Waals surface area contributed by atoms with E-state index in [9.17, 15) is 65.9 Å². The Kier molecular flexibility index (Phi) is 18.4. The molecule has 1 aromatic carbocycles. The molecule has 2 heterocycles. The topological polar surface area (TPSA) is 7.76 Å². The Hall–Kier alpha value is -3.53. The van der Waals surface area contributed by atoms with Gasteiger partial charge >= 0.3 is 42.0 Å². The van der Waals surface area contributed by atoms with Gasteiger partial charge in [0.05, 0.1) is 0 Å². The molecule has 0 spiro atoms. The second-order valence-corrected chi connectivity index (χ2v) is 15.9. The standard InChI is InChI=1S/C44H55F15N2/c1-4-6-7-14-23-60-25-19-33(20-26-60)31(3)29-36(30-32(5-2)34-16-11-10-12-17-34)35-21-27-61(28-22-35)24-15-9-8-13-18-37(45)39(48,49)41(52,53)43(56,57)44(58,59)42(54,55)40(50,51)38(46)47/h10-12,16-17,19-22,25-28,31-32,36-38H,4-9,13-15,18,23-24,29-30H2,1-3H3/q+2. The zero-order chi connectivity index (χ0) is 45.9. The van der Waals surface area contributed by atoms with E-state index in [0.29, 0.717) is 18.9 Å². The van der Waals surface area contributed by atoms with Crippen molar-refractivity contribution in [3.05, 3.63) is 96.1 Å². The van der Waals surface area contributed by atoms with Crippen molar-refractivity contribution in [2.75, 3.05) is 0 Å². The second-order valence-electron chi connectivity index (χ2n) is 15.9. The minimum Gasteiger partial charge on any atom is -0.241 e. The number of unbranched alkanes of at least 4 members (excludes halogenated alkanes) is 6. The highest BCUT2D eigenvalue weighted by Gasteiger charge is 2.91. The fourth-order valence-corrected chi connectivity index (χ4v) is 7.40. The second kappa shape index (κ2) is 21.7. The predicted molar refractivity (Wildman–Crippen MR) is 201 cm³/mol. The molecule has 3 aromatic rings. The largest absolute Gasteiger partial charge is 0.384 e. The maximum Gasteiger partial charge on any atom is 0.384 e. The van der Waals surface area contributed by atoms with Crippen molar-refractivity contribution in [1.29, 1.82) is 0 Å². The first-order chi connectivity index (χ1) is 28.4. The monoisotopic (exact) mass is 896 g/mol. The summed E-state index contributed by atoms with van der Waals surface area (Å²) in [7, 11) is 0. The first-order valence-electron chi connectivity index (χ1n) is 20.6. The van der Waals surface area contributed by atoms with E-state index in [4.69, 9.17) is 0 Å². The van der Waals surface area contributed by atoms with Gasteiger partial charge in [0, 0.05) is 37.1 Å². The maximum absolute atomic E-state index is 14.3. The third kappa shape index (κ3) is 11.9. The van der Waals surface area contributed by atoms with E-state index in [2.05, 4.69) is 62.0 Å². The smallest absolute Gasteiger partial charge is 0.241 e. The average molecular weight is 897 g/mol. The molecule has 17 heteroatoms. The first kappa shape index (κ1) is 51.8. The van der Waals surface area contributed by atoms with Crippen LogP contribution in [0.2, 0.25) is 0 Å². The molecule has 0 aliphatic carbocycles. The number of aromatic nitrogens is 2. The van der Waals surface area contributed by atoms with Crippen molar-refractivity contribution in [3.63, 3.8) is 0 Å². The Morgan fingerprint density at radius 3 is 1.39 bits per heavy atom. The van der Waals surface area contributed by atoms with Gasteiger partial charge in [-0.1, -0.05) is 76.8 Å². The van der Waals surface area contributed by atoms with Crippen molar-refractivity contribution >= 4 is 0 Å². The van der Waals surface area contributed by atoms with Crippen LogP contribution >= 0.6 is 0 Å². The predicted octanol–water partition coefficient (Wildman–Crippen LogP) is 14.1. The summed E-state index contributed by atoms with van der Waals surface area (Å²) in [5.41, 5.74) is 3.58. The number of pyridine rings is 2. The van der Waals surface area contributed by atoms with Gasteiger partial charge in [0.15, 0.2) is 31.0 Å². The lowest BCUT2D eigenvalue weighted by atomic mass is 9.78. The Morgan fingerprint density at radius 2 is 0.918 bits per heavy atom. The van der Waals surface area contributed by atoms with E-state index in [0.717, 1.165) is 37.8 Å². The van der Waals surface area contributed by atoms with Crippen molar-refractivity contribution < 1.29 is 75.0 Å². The lowest BCUT2D eigenvalue weighted by molar-refractivity contribution is -0.697. The molecular formula is C44H55F15N2+2. The van der Waals surface area contributed by atoms with E-state index < -0.39 is 61.0 Å². The number of benzene rings is 1. The summed E-state index contributed by atoms with van der Waals surface area (Å²) in [6.07, 6.45) is 3.34. The lowest BCUT2D eigenvalue weighted by Crippen LogP contribution is -2.72. The zero-order valence-electron chi connectivity index (χ0n) is 34.4. The van der Waals surface area contributed by atoms with Crippen molar-refractivity contribution in [2.24, 2.45) is 0 Å². The Labute approximate surface area is 347 Å². The highest BCUT2D eigenvalue weighted by Crippen LogP contribution is 2.61. The molecule has 0 aliphatic rings. The molecule has 0 radical (unpaired) electrons. The minimum atomic E-state index is -8.17. The Balaban J connectivity index is 1.62. The minimum absolute atomic E-state index is 0.137. The van der Waals surface area contributed by atoms with Crippen LogP contribution < -0.4 is 9.13 Å². The third-order valence-electron chi connectivity index (χ3n) is 11.4. The van der Waals surface area contributed by atoms with Crippen LogP contribution in [0.25, 0.3) is 0 Å². The van der Waals surface area contributed by atoms with Crippen LogP contribution in [0.5, 0.6) is 0 Å². The number of alkyl halides is 15. The molecule has 61 heavy (non-hydrogen) atoms. The van der Waals surface area contributed by atoms with Gasteiger partial charge in [-0.3, -0.25) is 0 Å². The normalized spacial score (nSPS) is 15.5. The molecule has 0 saturated heterocycles. The summed E-state index contributed by atoms with van der Waals surface area (Å²) in [4.78, 5) is 0. The third-order valence-corrected chi connectivity index (χ3v) is 11.4. The van der Waals surface area contributed by atoms with Crippen molar-refractivity contribution in [1.82, 2.24) is 0 Å². The molecule has 0 amide bonds. The summed E-state index contributed by atoms with van der Waals surface area (Å²) in [5, 5.41) is 0. The molecule has 3 rings (SSSR count). The van der Waals surface area contributed by atoms with Crippen LogP contribution in [0, 0.1) is 0 Å². The van der Waals surface area contributed by atoms with Crippen LogP contribution in [0.15, 0.2) is 79.4 Å².